The Bertz CT molecular complexity index is 743. The van der Waals surface area contributed by atoms with E-state index in [9.17, 15) is 27.5 Å². The fraction of sp³-hybridized carbons (Fsp3) is 0.412. The molecule has 0 aromatic heterocycles. The van der Waals surface area contributed by atoms with Gasteiger partial charge in [0.25, 0.3) is 5.91 Å². The topological polar surface area (TPSA) is 99.6 Å². The number of carbonyl (C=O) groups excluding carboxylic acids is 1. The highest BCUT2D eigenvalue weighted by Crippen LogP contribution is 2.24. The third-order valence-electron chi connectivity index (χ3n) is 4.13. The number of phenolic OH excluding ortho intramolecular Hbond substituents is 1. The molecule has 2 rings (SSSR count). The standard InChI is InChI=1S/C17H19F4N3O3/c18-13-7-12(25)2-1-10(13)9-24(11-3-5-27-6-4-11)16(26)14(22)8-15(23)17(19,20)21/h1-2,7-8,11,22,25H,3-6,9,23H2. The van der Waals surface area contributed by atoms with Crippen LogP contribution >= 0.6 is 0 Å². The van der Waals surface area contributed by atoms with Gasteiger partial charge in [0.2, 0.25) is 0 Å². The predicted molar refractivity (Wildman–Crippen MR) is 88.5 cm³/mol. The van der Waals surface area contributed by atoms with Crippen LogP contribution < -0.4 is 5.73 Å². The van der Waals surface area contributed by atoms with E-state index in [-0.39, 0.29) is 23.9 Å². The SMILES string of the molecule is N=C(C=C(N)C(F)(F)F)C(=O)N(Cc1ccc(O)cc1F)C1CCOCC1. The van der Waals surface area contributed by atoms with Crippen molar-refractivity contribution in [3.63, 3.8) is 0 Å². The van der Waals surface area contributed by atoms with Gasteiger partial charge < -0.3 is 20.5 Å². The fourth-order valence-corrected chi connectivity index (χ4v) is 2.67. The maximum atomic E-state index is 14.1. The van der Waals surface area contributed by atoms with Crippen molar-refractivity contribution in [3.05, 3.63) is 41.4 Å². The number of phenols is 1. The molecule has 0 unspecified atom stereocenters. The van der Waals surface area contributed by atoms with Crippen LogP contribution in [0.15, 0.2) is 30.0 Å². The van der Waals surface area contributed by atoms with Crippen molar-refractivity contribution >= 4 is 11.6 Å². The van der Waals surface area contributed by atoms with E-state index in [2.05, 4.69) is 0 Å². The Labute approximate surface area is 152 Å². The molecule has 1 aromatic carbocycles. The number of nitrogens with zero attached hydrogens (tertiary/aromatic N) is 1. The first-order valence-corrected chi connectivity index (χ1v) is 8.08. The van der Waals surface area contributed by atoms with Gasteiger partial charge in [0, 0.05) is 37.4 Å². The van der Waals surface area contributed by atoms with E-state index in [4.69, 9.17) is 15.9 Å². The van der Waals surface area contributed by atoms with Crippen molar-refractivity contribution in [1.82, 2.24) is 4.90 Å². The fourth-order valence-electron chi connectivity index (χ4n) is 2.67. The number of alkyl halides is 3. The Balaban J connectivity index is 2.28. The highest BCUT2D eigenvalue weighted by atomic mass is 19.4. The summed E-state index contributed by atoms with van der Waals surface area (Å²) in [5, 5.41) is 17.0. The van der Waals surface area contributed by atoms with Gasteiger partial charge in [-0.1, -0.05) is 6.07 Å². The minimum Gasteiger partial charge on any atom is -0.508 e. The molecule has 0 atom stereocenters. The van der Waals surface area contributed by atoms with E-state index in [1.54, 1.807) is 0 Å². The predicted octanol–water partition coefficient (Wildman–Crippen LogP) is 2.46. The molecule has 1 heterocycles. The maximum Gasteiger partial charge on any atom is 0.430 e. The molecule has 148 valence electrons. The van der Waals surface area contributed by atoms with E-state index < -0.39 is 35.4 Å². The molecule has 0 spiro atoms. The molecule has 1 aliphatic heterocycles. The lowest BCUT2D eigenvalue weighted by atomic mass is 10.0. The van der Waals surface area contributed by atoms with E-state index >= 15 is 0 Å². The first kappa shape index (κ1) is 20.7. The van der Waals surface area contributed by atoms with Crippen LogP contribution in [0.1, 0.15) is 18.4 Å². The zero-order valence-corrected chi connectivity index (χ0v) is 14.2. The molecule has 0 aliphatic carbocycles. The summed E-state index contributed by atoms with van der Waals surface area (Å²) >= 11 is 0. The number of nitrogens with two attached hydrogens (primary N) is 1. The molecule has 0 bridgehead atoms. The molecule has 1 aromatic rings. The maximum absolute atomic E-state index is 14.1. The third-order valence-corrected chi connectivity index (χ3v) is 4.13. The monoisotopic (exact) mass is 389 g/mol. The highest BCUT2D eigenvalue weighted by molar-refractivity contribution is 6.42. The number of carbonyl (C=O) groups is 1. The van der Waals surface area contributed by atoms with Gasteiger partial charge in [-0.15, -0.1) is 0 Å². The summed E-state index contributed by atoms with van der Waals surface area (Å²) in [5.74, 6) is -2.06. The molecule has 0 radical (unpaired) electrons. The smallest absolute Gasteiger partial charge is 0.430 e. The number of aromatic hydroxyl groups is 1. The number of ether oxygens (including phenoxy) is 1. The number of hydrogen-bond donors (Lipinski definition) is 3. The normalized spacial score (nSPS) is 16.2. The number of amides is 1. The number of hydrogen-bond acceptors (Lipinski definition) is 5. The van der Waals surface area contributed by atoms with Crippen molar-refractivity contribution < 1.29 is 32.2 Å². The molecule has 1 fully saturated rings. The van der Waals surface area contributed by atoms with Gasteiger partial charge in [0.05, 0.1) is 0 Å². The lowest BCUT2D eigenvalue weighted by molar-refractivity contribution is -0.128. The van der Waals surface area contributed by atoms with E-state index in [1.165, 1.54) is 12.1 Å². The Morgan fingerprint density at radius 2 is 2.00 bits per heavy atom. The second-order valence-electron chi connectivity index (χ2n) is 6.06. The summed E-state index contributed by atoms with van der Waals surface area (Å²) < 4.78 is 56.9. The van der Waals surface area contributed by atoms with Crippen LogP contribution in [0.25, 0.3) is 0 Å². The van der Waals surface area contributed by atoms with Gasteiger partial charge in [-0.2, -0.15) is 13.2 Å². The van der Waals surface area contributed by atoms with Crippen LogP contribution in [0.3, 0.4) is 0 Å². The minimum atomic E-state index is -4.86. The lowest BCUT2D eigenvalue weighted by Gasteiger charge is -2.34. The van der Waals surface area contributed by atoms with Crippen LogP contribution in [0, 0.1) is 11.2 Å². The molecule has 1 aliphatic rings. The van der Waals surface area contributed by atoms with E-state index in [0.717, 1.165) is 11.0 Å². The summed E-state index contributed by atoms with van der Waals surface area (Å²) in [4.78, 5) is 13.7. The Morgan fingerprint density at radius 3 is 2.56 bits per heavy atom. The van der Waals surface area contributed by atoms with Crippen LogP contribution in [-0.2, 0) is 16.1 Å². The van der Waals surface area contributed by atoms with Crippen molar-refractivity contribution in [2.45, 2.75) is 31.6 Å². The van der Waals surface area contributed by atoms with Crippen molar-refractivity contribution in [3.8, 4) is 5.75 Å². The van der Waals surface area contributed by atoms with Crippen molar-refractivity contribution in [1.29, 1.82) is 5.41 Å². The van der Waals surface area contributed by atoms with Crippen LogP contribution in [0.2, 0.25) is 0 Å². The molecule has 10 heteroatoms. The molecule has 1 amide bonds. The molecule has 27 heavy (non-hydrogen) atoms. The summed E-state index contributed by atoms with van der Waals surface area (Å²) in [6.45, 7) is 0.401. The van der Waals surface area contributed by atoms with Crippen LogP contribution in [0.5, 0.6) is 5.75 Å². The number of nitrogens with one attached hydrogen (secondary N) is 1. The van der Waals surface area contributed by atoms with Crippen LogP contribution in [0.4, 0.5) is 17.6 Å². The molecule has 0 saturated carbocycles. The molecule has 1 saturated heterocycles. The number of halogens is 4. The van der Waals surface area contributed by atoms with E-state index in [1.807, 2.05) is 0 Å². The summed E-state index contributed by atoms with van der Waals surface area (Å²) in [6, 6.07) is 2.95. The second-order valence-corrected chi connectivity index (χ2v) is 6.06. The average molecular weight is 389 g/mol. The van der Waals surface area contributed by atoms with Gasteiger partial charge in [-0.05, 0) is 25.0 Å². The zero-order valence-electron chi connectivity index (χ0n) is 14.2. The van der Waals surface area contributed by atoms with Gasteiger partial charge >= 0.3 is 6.18 Å². The zero-order chi connectivity index (χ0) is 20.2. The quantitative estimate of drug-likeness (QED) is 0.532. The number of allylic oxidation sites excluding steroid dienone is 1. The van der Waals surface area contributed by atoms with Crippen molar-refractivity contribution in [2.24, 2.45) is 5.73 Å². The second kappa shape index (κ2) is 8.38. The number of rotatable bonds is 5. The number of benzene rings is 1. The van der Waals surface area contributed by atoms with Crippen LogP contribution in [-0.4, -0.2) is 47.1 Å². The molecule has 6 nitrogen and oxygen atoms in total. The summed E-state index contributed by atoms with van der Waals surface area (Å²) in [5.41, 5.74) is 2.43. The molecular weight excluding hydrogens is 370 g/mol. The Hall–Kier alpha value is -2.62. The third kappa shape index (κ3) is 5.43. The molecular formula is C17H19F4N3O3. The van der Waals surface area contributed by atoms with Gasteiger partial charge in [-0.3, -0.25) is 10.2 Å². The Kier molecular flexibility index (Phi) is 6.42. The van der Waals surface area contributed by atoms with Gasteiger partial charge in [-0.25, -0.2) is 4.39 Å². The Morgan fingerprint density at radius 1 is 1.37 bits per heavy atom. The summed E-state index contributed by atoms with van der Waals surface area (Å²) in [6.07, 6.45) is -3.81. The average Bonchev–Trinajstić information content (AvgIpc) is 2.60. The van der Waals surface area contributed by atoms with Gasteiger partial charge in [0.15, 0.2) is 0 Å². The van der Waals surface area contributed by atoms with Gasteiger partial charge in [0.1, 0.15) is 23.0 Å². The largest absolute Gasteiger partial charge is 0.508 e. The first-order chi connectivity index (χ1) is 12.6. The van der Waals surface area contributed by atoms with E-state index in [0.29, 0.717) is 26.1 Å². The lowest BCUT2D eigenvalue weighted by Crippen LogP contribution is -2.45. The highest BCUT2D eigenvalue weighted by Gasteiger charge is 2.34. The van der Waals surface area contributed by atoms with Crippen molar-refractivity contribution in [2.75, 3.05) is 13.2 Å². The first-order valence-electron chi connectivity index (χ1n) is 8.08. The minimum absolute atomic E-state index is 0.0632. The summed E-state index contributed by atoms with van der Waals surface area (Å²) in [7, 11) is 0. The molecule has 4 N–H and O–H groups in total.